The molecule has 19 heavy (non-hydrogen) atoms. The molecule has 0 aliphatic heterocycles. The third-order valence-electron chi connectivity index (χ3n) is 3.01. The van der Waals surface area contributed by atoms with E-state index in [9.17, 15) is 4.79 Å². The Morgan fingerprint density at radius 2 is 1.79 bits per heavy atom. The van der Waals surface area contributed by atoms with Crippen molar-refractivity contribution in [1.82, 2.24) is 5.32 Å². The standard InChI is InChI=1S/C14H23N3O2/c1-14(2,3)12(4-5-18)17-13(19)9-6-10(15)8-11(16)7-9/h6-8,12,18H,4-5,15-16H2,1-3H3,(H,17,19). The highest BCUT2D eigenvalue weighted by Gasteiger charge is 2.26. The van der Waals surface area contributed by atoms with Crippen molar-refractivity contribution in [2.45, 2.75) is 33.2 Å². The number of nitrogens with one attached hydrogen (secondary N) is 1. The number of amides is 1. The van der Waals surface area contributed by atoms with Crippen molar-refractivity contribution in [3.05, 3.63) is 23.8 Å². The Balaban J connectivity index is 2.87. The highest BCUT2D eigenvalue weighted by molar-refractivity contribution is 5.96. The molecule has 106 valence electrons. The average Bonchev–Trinajstić information content (AvgIpc) is 2.25. The van der Waals surface area contributed by atoms with Crippen molar-refractivity contribution in [3.63, 3.8) is 0 Å². The second-order valence-electron chi connectivity index (χ2n) is 5.79. The van der Waals surface area contributed by atoms with Crippen molar-refractivity contribution in [3.8, 4) is 0 Å². The SMILES string of the molecule is CC(C)(C)C(CCO)NC(=O)c1cc(N)cc(N)c1. The van der Waals surface area contributed by atoms with Gasteiger partial charge in [0.05, 0.1) is 0 Å². The van der Waals surface area contributed by atoms with E-state index in [-0.39, 0.29) is 24.0 Å². The molecule has 5 nitrogen and oxygen atoms in total. The number of aliphatic hydroxyl groups excluding tert-OH is 1. The summed E-state index contributed by atoms with van der Waals surface area (Å²) in [6, 6.07) is 4.66. The molecule has 0 saturated heterocycles. The minimum atomic E-state index is -0.229. The monoisotopic (exact) mass is 265 g/mol. The molecule has 5 heteroatoms. The van der Waals surface area contributed by atoms with Crippen molar-refractivity contribution in [1.29, 1.82) is 0 Å². The number of hydrogen-bond donors (Lipinski definition) is 4. The first-order valence-electron chi connectivity index (χ1n) is 6.32. The lowest BCUT2D eigenvalue weighted by molar-refractivity contribution is 0.0885. The van der Waals surface area contributed by atoms with E-state index in [1.165, 1.54) is 0 Å². The van der Waals surface area contributed by atoms with E-state index in [2.05, 4.69) is 5.32 Å². The van der Waals surface area contributed by atoms with E-state index in [4.69, 9.17) is 16.6 Å². The molecule has 6 N–H and O–H groups in total. The van der Waals surface area contributed by atoms with Crippen LogP contribution in [0, 0.1) is 5.41 Å². The summed E-state index contributed by atoms with van der Waals surface area (Å²) in [5.41, 5.74) is 12.6. The Kier molecular flexibility index (Phi) is 4.78. The number of rotatable bonds is 4. The Morgan fingerprint density at radius 3 is 2.21 bits per heavy atom. The number of nitrogens with two attached hydrogens (primary N) is 2. The fourth-order valence-corrected chi connectivity index (χ4v) is 1.90. The summed E-state index contributed by atoms with van der Waals surface area (Å²) in [5.74, 6) is -0.229. The predicted octanol–water partition coefficient (Wildman–Crippen LogP) is 1.38. The van der Waals surface area contributed by atoms with Gasteiger partial charge in [-0.3, -0.25) is 4.79 Å². The smallest absolute Gasteiger partial charge is 0.251 e. The minimum Gasteiger partial charge on any atom is -0.399 e. The van der Waals surface area contributed by atoms with Gasteiger partial charge >= 0.3 is 0 Å². The van der Waals surface area contributed by atoms with Crippen molar-refractivity contribution < 1.29 is 9.90 Å². The number of nitrogen functional groups attached to an aromatic ring is 2. The summed E-state index contributed by atoms with van der Waals surface area (Å²) < 4.78 is 0. The van der Waals surface area contributed by atoms with Crippen LogP contribution in [-0.2, 0) is 0 Å². The lowest BCUT2D eigenvalue weighted by Crippen LogP contribution is -2.44. The zero-order valence-corrected chi connectivity index (χ0v) is 11.7. The van der Waals surface area contributed by atoms with Crippen LogP contribution in [0.3, 0.4) is 0 Å². The fraction of sp³-hybridized carbons (Fsp3) is 0.500. The summed E-state index contributed by atoms with van der Waals surface area (Å²) in [6.45, 7) is 6.07. The molecule has 0 aliphatic rings. The molecule has 0 aliphatic carbocycles. The molecule has 0 bridgehead atoms. The van der Waals surface area contributed by atoms with Gasteiger partial charge in [0.1, 0.15) is 0 Å². The van der Waals surface area contributed by atoms with Gasteiger partial charge in [-0.1, -0.05) is 20.8 Å². The lowest BCUT2D eigenvalue weighted by atomic mass is 9.84. The topological polar surface area (TPSA) is 101 Å². The Bertz CT molecular complexity index is 432. The zero-order chi connectivity index (χ0) is 14.6. The van der Waals surface area contributed by atoms with Gasteiger partial charge in [-0.2, -0.15) is 0 Å². The second kappa shape index (κ2) is 5.93. The molecule has 0 spiro atoms. The first-order valence-corrected chi connectivity index (χ1v) is 6.32. The molecular weight excluding hydrogens is 242 g/mol. The summed E-state index contributed by atoms with van der Waals surface area (Å²) in [4.78, 5) is 12.2. The molecule has 1 amide bonds. The quantitative estimate of drug-likeness (QED) is 0.618. The zero-order valence-electron chi connectivity index (χ0n) is 11.7. The first-order chi connectivity index (χ1) is 8.74. The third-order valence-corrected chi connectivity index (χ3v) is 3.01. The van der Waals surface area contributed by atoms with Crippen LogP contribution in [0.5, 0.6) is 0 Å². The first kappa shape index (κ1) is 15.3. The van der Waals surface area contributed by atoms with E-state index in [0.29, 0.717) is 23.4 Å². The molecule has 1 aromatic carbocycles. The normalized spacial score (nSPS) is 13.1. The Labute approximate surface area is 114 Å². The van der Waals surface area contributed by atoms with Crippen LogP contribution in [0.15, 0.2) is 18.2 Å². The summed E-state index contributed by atoms with van der Waals surface area (Å²) >= 11 is 0. The number of carbonyl (C=O) groups is 1. The lowest BCUT2D eigenvalue weighted by Gasteiger charge is -2.31. The maximum atomic E-state index is 12.2. The van der Waals surface area contributed by atoms with Gasteiger partial charge in [0, 0.05) is 29.6 Å². The van der Waals surface area contributed by atoms with Crippen LogP contribution in [0.2, 0.25) is 0 Å². The number of anilines is 2. The molecule has 0 radical (unpaired) electrons. The molecule has 1 rings (SSSR count). The number of aliphatic hydroxyl groups is 1. The van der Waals surface area contributed by atoms with Gasteiger partial charge in [-0.25, -0.2) is 0 Å². The highest BCUT2D eigenvalue weighted by Crippen LogP contribution is 2.22. The van der Waals surface area contributed by atoms with E-state index in [1.54, 1.807) is 18.2 Å². The molecule has 0 saturated carbocycles. The van der Waals surface area contributed by atoms with Gasteiger partial charge in [-0.05, 0) is 30.0 Å². The molecule has 0 heterocycles. The van der Waals surface area contributed by atoms with Crippen molar-refractivity contribution >= 4 is 17.3 Å². The van der Waals surface area contributed by atoms with Crippen LogP contribution < -0.4 is 16.8 Å². The van der Waals surface area contributed by atoms with Crippen LogP contribution in [0.25, 0.3) is 0 Å². The summed E-state index contributed by atoms with van der Waals surface area (Å²) in [6.07, 6.45) is 0.507. The third kappa shape index (κ3) is 4.44. The van der Waals surface area contributed by atoms with Gasteiger partial charge < -0.3 is 21.9 Å². The van der Waals surface area contributed by atoms with Crippen molar-refractivity contribution in [2.24, 2.45) is 5.41 Å². The summed E-state index contributed by atoms with van der Waals surface area (Å²) in [5, 5.41) is 12.0. The maximum absolute atomic E-state index is 12.2. The number of benzene rings is 1. The minimum absolute atomic E-state index is 0.0291. The Morgan fingerprint density at radius 1 is 1.26 bits per heavy atom. The van der Waals surface area contributed by atoms with Crippen LogP contribution >= 0.6 is 0 Å². The van der Waals surface area contributed by atoms with E-state index < -0.39 is 0 Å². The molecule has 1 atom stereocenters. The van der Waals surface area contributed by atoms with Crippen LogP contribution in [0.4, 0.5) is 11.4 Å². The van der Waals surface area contributed by atoms with Crippen molar-refractivity contribution in [2.75, 3.05) is 18.1 Å². The largest absolute Gasteiger partial charge is 0.399 e. The van der Waals surface area contributed by atoms with Gasteiger partial charge in [0.15, 0.2) is 0 Å². The second-order valence-corrected chi connectivity index (χ2v) is 5.79. The van der Waals surface area contributed by atoms with Crippen LogP contribution in [0.1, 0.15) is 37.6 Å². The summed E-state index contributed by atoms with van der Waals surface area (Å²) in [7, 11) is 0. The molecule has 1 aromatic rings. The predicted molar refractivity (Wildman–Crippen MR) is 77.7 cm³/mol. The fourth-order valence-electron chi connectivity index (χ4n) is 1.90. The number of carbonyl (C=O) groups excluding carboxylic acids is 1. The molecular formula is C14H23N3O2. The molecule has 0 aromatic heterocycles. The van der Waals surface area contributed by atoms with Crippen LogP contribution in [-0.4, -0.2) is 23.7 Å². The average molecular weight is 265 g/mol. The van der Waals surface area contributed by atoms with E-state index in [0.717, 1.165) is 0 Å². The van der Waals surface area contributed by atoms with E-state index in [1.807, 2.05) is 20.8 Å². The maximum Gasteiger partial charge on any atom is 0.251 e. The Hall–Kier alpha value is -1.75. The van der Waals surface area contributed by atoms with E-state index >= 15 is 0 Å². The van der Waals surface area contributed by atoms with Gasteiger partial charge in [-0.15, -0.1) is 0 Å². The molecule has 0 fully saturated rings. The molecule has 1 unspecified atom stereocenters. The number of hydrogen-bond acceptors (Lipinski definition) is 4. The van der Waals surface area contributed by atoms with Gasteiger partial charge in [0.25, 0.3) is 5.91 Å². The highest BCUT2D eigenvalue weighted by atomic mass is 16.3. The van der Waals surface area contributed by atoms with Gasteiger partial charge in [0.2, 0.25) is 0 Å².